The zero-order chi connectivity index (χ0) is 14.5. The molecule has 3 nitrogen and oxygen atoms in total. The van der Waals surface area contributed by atoms with E-state index in [0.717, 1.165) is 22.1 Å². The van der Waals surface area contributed by atoms with Crippen molar-refractivity contribution >= 4 is 27.3 Å². The summed E-state index contributed by atoms with van der Waals surface area (Å²) in [6.45, 7) is 0. The van der Waals surface area contributed by atoms with Gasteiger partial charge in [-0.05, 0) is 29.4 Å². The molecule has 0 amide bonds. The minimum absolute atomic E-state index is 0. The molecule has 0 N–H and O–H groups in total. The number of para-hydroxylation sites is 1. The summed E-state index contributed by atoms with van der Waals surface area (Å²) in [7, 11) is 0. The third-order valence-corrected chi connectivity index (χ3v) is 4.17. The van der Waals surface area contributed by atoms with Crippen molar-refractivity contribution in [3.63, 3.8) is 0 Å². The molecule has 5 rings (SSSR count). The largest absolute Gasteiger partial charge is 0.347 e. The molecule has 3 aromatic heterocycles. The Morgan fingerprint density at radius 2 is 1.83 bits per heavy atom. The molecular weight excluding hydrogens is 462 g/mol. The average molecular weight is 475 g/mol. The molecule has 0 aliphatic rings. The van der Waals surface area contributed by atoms with E-state index in [1.165, 1.54) is 10.9 Å². The van der Waals surface area contributed by atoms with Crippen LogP contribution in [0.2, 0.25) is 0 Å². The van der Waals surface area contributed by atoms with Crippen LogP contribution < -0.4 is 0 Å². The summed E-state index contributed by atoms with van der Waals surface area (Å²) in [5.74, 6) is 0. The number of hydrogen-bond donors (Lipinski definition) is 0. The van der Waals surface area contributed by atoms with Crippen molar-refractivity contribution in [2.24, 2.45) is 0 Å². The van der Waals surface area contributed by atoms with E-state index in [9.17, 15) is 0 Å². The quantitative estimate of drug-likeness (QED) is 0.334. The second-order valence-electron chi connectivity index (χ2n) is 5.37. The molecule has 3 heterocycles. The Bertz CT molecular complexity index is 1140. The Morgan fingerprint density at radius 1 is 0.913 bits per heavy atom. The topological polar surface area (TPSA) is 22.2 Å². The summed E-state index contributed by atoms with van der Waals surface area (Å²) in [4.78, 5) is 4.45. The molecule has 0 saturated heterocycles. The molecule has 23 heavy (non-hydrogen) atoms. The molecule has 0 spiro atoms. The van der Waals surface area contributed by atoms with Crippen LogP contribution in [0.4, 0.5) is 0 Å². The minimum atomic E-state index is 0. The maximum absolute atomic E-state index is 4.45. The van der Waals surface area contributed by atoms with Crippen LogP contribution in [0.5, 0.6) is 0 Å². The Hall–Kier alpha value is -2.42. The van der Waals surface area contributed by atoms with Crippen molar-refractivity contribution in [2.75, 3.05) is 0 Å². The fourth-order valence-corrected chi connectivity index (χ4v) is 3.14. The van der Waals surface area contributed by atoms with Gasteiger partial charge in [0, 0.05) is 38.7 Å². The summed E-state index contributed by atoms with van der Waals surface area (Å²) in [5, 5.41) is 3.44. The van der Waals surface area contributed by atoms with Gasteiger partial charge in [-0.25, -0.2) is 0 Å². The summed E-state index contributed by atoms with van der Waals surface area (Å²) < 4.78 is 4.25. The molecule has 5 aromatic rings. The van der Waals surface area contributed by atoms with Crippen LogP contribution in [-0.4, -0.2) is 14.0 Å². The minimum Gasteiger partial charge on any atom is -0.347 e. The predicted molar refractivity (Wildman–Crippen MR) is 88.4 cm³/mol. The van der Waals surface area contributed by atoms with Gasteiger partial charge in [-0.15, -0.1) is 18.2 Å². The van der Waals surface area contributed by atoms with Gasteiger partial charge in [0.25, 0.3) is 0 Å². The van der Waals surface area contributed by atoms with E-state index >= 15 is 0 Å². The standard InChI is InChI=1S/C19H12N3.Ir/c1-2-6-17-14(4-1)8-12-22(17)18-7-3-5-16-15(18)9-11-21-13-10-20-19(16)21;/h1-4,6-13H;/q-1;. The summed E-state index contributed by atoms with van der Waals surface area (Å²) in [6.07, 6.45) is 7.95. The normalized spacial score (nSPS) is 11.1. The van der Waals surface area contributed by atoms with Crippen LogP contribution in [0.15, 0.2) is 73.3 Å². The molecule has 113 valence electrons. The summed E-state index contributed by atoms with van der Waals surface area (Å²) >= 11 is 0. The first-order chi connectivity index (χ1) is 10.9. The Balaban J connectivity index is 0.00000135. The molecule has 2 aromatic carbocycles. The average Bonchev–Trinajstić information content (AvgIpc) is 3.21. The Morgan fingerprint density at radius 3 is 2.78 bits per heavy atom. The Labute approximate surface area is 146 Å². The number of rotatable bonds is 1. The number of nitrogens with zero attached hydrogens (tertiary/aromatic N) is 3. The van der Waals surface area contributed by atoms with Crippen LogP contribution in [0.25, 0.3) is 33.0 Å². The van der Waals surface area contributed by atoms with Gasteiger partial charge in [0.15, 0.2) is 0 Å². The first kappa shape index (κ1) is 14.2. The van der Waals surface area contributed by atoms with E-state index in [2.05, 4.69) is 64.3 Å². The third-order valence-electron chi connectivity index (χ3n) is 4.17. The number of benzene rings is 2. The van der Waals surface area contributed by atoms with E-state index in [1.807, 2.05) is 29.1 Å². The van der Waals surface area contributed by atoms with Crippen LogP contribution in [0.1, 0.15) is 0 Å². The predicted octanol–water partition coefficient (Wildman–Crippen LogP) is 4.23. The number of aromatic nitrogens is 3. The van der Waals surface area contributed by atoms with Gasteiger partial charge in [0.05, 0.1) is 11.2 Å². The maximum Gasteiger partial charge on any atom is 0.0604 e. The van der Waals surface area contributed by atoms with Gasteiger partial charge in [0.2, 0.25) is 0 Å². The monoisotopic (exact) mass is 475 g/mol. The van der Waals surface area contributed by atoms with Crippen LogP contribution in [-0.2, 0) is 20.1 Å². The van der Waals surface area contributed by atoms with E-state index in [4.69, 9.17) is 0 Å². The fourth-order valence-electron chi connectivity index (χ4n) is 3.14. The van der Waals surface area contributed by atoms with E-state index in [-0.39, 0.29) is 20.1 Å². The molecule has 0 unspecified atom stereocenters. The van der Waals surface area contributed by atoms with Gasteiger partial charge in [-0.2, -0.15) is 0 Å². The SMILES string of the molecule is [Ir].[c-]1ccc(-n2ccc3ccccc32)c2ccn3ccnc3c12. The summed E-state index contributed by atoms with van der Waals surface area (Å²) in [6, 6.07) is 20.1. The van der Waals surface area contributed by atoms with E-state index in [0.29, 0.717) is 0 Å². The van der Waals surface area contributed by atoms with Crippen LogP contribution in [0, 0.1) is 6.07 Å². The van der Waals surface area contributed by atoms with Crippen LogP contribution >= 0.6 is 0 Å². The zero-order valence-corrected chi connectivity index (χ0v) is 14.5. The molecule has 4 heteroatoms. The van der Waals surface area contributed by atoms with E-state index < -0.39 is 0 Å². The summed E-state index contributed by atoms with van der Waals surface area (Å²) in [5.41, 5.74) is 3.30. The molecule has 1 radical (unpaired) electrons. The second-order valence-corrected chi connectivity index (χ2v) is 5.37. The first-order valence-corrected chi connectivity index (χ1v) is 7.24. The second kappa shape index (κ2) is 5.34. The number of imidazole rings is 1. The fraction of sp³-hybridized carbons (Fsp3) is 0. The molecule has 0 aliphatic carbocycles. The van der Waals surface area contributed by atoms with Crippen LogP contribution in [0.3, 0.4) is 0 Å². The molecule has 0 saturated carbocycles. The van der Waals surface area contributed by atoms with Crippen molar-refractivity contribution in [3.8, 4) is 5.69 Å². The number of hydrogen-bond acceptors (Lipinski definition) is 1. The van der Waals surface area contributed by atoms with Crippen molar-refractivity contribution in [3.05, 3.63) is 79.4 Å². The van der Waals surface area contributed by atoms with Gasteiger partial charge >= 0.3 is 0 Å². The number of pyridine rings is 1. The molecule has 0 atom stereocenters. The molecule has 0 aliphatic heterocycles. The first-order valence-electron chi connectivity index (χ1n) is 7.24. The van der Waals surface area contributed by atoms with Crippen molar-refractivity contribution in [2.45, 2.75) is 0 Å². The maximum atomic E-state index is 4.45. The third kappa shape index (κ3) is 2.03. The van der Waals surface area contributed by atoms with Crippen molar-refractivity contribution in [1.82, 2.24) is 14.0 Å². The molecule has 0 bridgehead atoms. The van der Waals surface area contributed by atoms with Gasteiger partial charge in [-0.1, -0.05) is 35.0 Å². The Kier molecular flexibility index (Phi) is 3.29. The number of fused-ring (bicyclic) bond motifs is 4. The van der Waals surface area contributed by atoms with Crippen molar-refractivity contribution in [1.29, 1.82) is 0 Å². The van der Waals surface area contributed by atoms with Gasteiger partial charge < -0.3 is 8.97 Å². The molecular formula is C19H12IrN3-. The molecule has 0 fully saturated rings. The van der Waals surface area contributed by atoms with Gasteiger partial charge in [0.1, 0.15) is 0 Å². The van der Waals surface area contributed by atoms with Crippen molar-refractivity contribution < 1.29 is 20.1 Å². The van der Waals surface area contributed by atoms with E-state index in [1.54, 1.807) is 0 Å². The van der Waals surface area contributed by atoms with Gasteiger partial charge in [-0.3, -0.25) is 4.98 Å². The smallest absolute Gasteiger partial charge is 0.0604 e. The zero-order valence-electron chi connectivity index (χ0n) is 12.1.